The maximum atomic E-state index is 13.9. The standard InChI is InChI=1S/C27H32N2O4/c1-4-14-33-23-10-6-5-9-22(23)29-26(31)24(21-12-11-18(2)15-19(21)3)25(27(29)32)28-13-7-8-20(16-28)17-30/h5-6,9-12,15,20,30H,4,7-8,13-14,16-17H2,1-3H3. The summed E-state index contributed by atoms with van der Waals surface area (Å²) in [6, 6.07) is 13.1. The highest BCUT2D eigenvalue weighted by Crippen LogP contribution is 2.40. The third-order valence-electron chi connectivity index (χ3n) is 6.37. The number of carbonyl (C=O) groups is 2. The predicted octanol–water partition coefficient (Wildman–Crippen LogP) is 4.08. The number of nitrogens with zero attached hydrogens (tertiary/aromatic N) is 2. The first-order valence-electron chi connectivity index (χ1n) is 11.7. The first-order valence-corrected chi connectivity index (χ1v) is 11.7. The number of rotatable bonds is 7. The fourth-order valence-corrected chi connectivity index (χ4v) is 4.76. The summed E-state index contributed by atoms with van der Waals surface area (Å²) in [4.78, 5) is 31.0. The minimum Gasteiger partial charge on any atom is -0.491 e. The van der Waals surface area contributed by atoms with E-state index in [0.29, 0.717) is 42.4 Å². The Labute approximate surface area is 195 Å². The number of benzene rings is 2. The van der Waals surface area contributed by atoms with Gasteiger partial charge in [-0.15, -0.1) is 0 Å². The van der Waals surface area contributed by atoms with Crippen LogP contribution in [0.3, 0.4) is 0 Å². The molecule has 1 atom stereocenters. The summed E-state index contributed by atoms with van der Waals surface area (Å²) >= 11 is 0. The summed E-state index contributed by atoms with van der Waals surface area (Å²) < 4.78 is 5.88. The maximum absolute atomic E-state index is 13.9. The quantitative estimate of drug-likeness (QED) is 0.647. The van der Waals surface area contributed by atoms with E-state index < -0.39 is 0 Å². The lowest BCUT2D eigenvalue weighted by molar-refractivity contribution is -0.120. The number of para-hydroxylation sites is 2. The van der Waals surface area contributed by atoms with Crippen LogP contribution in [-0.2, 0) is 9.59 Å². The van der Waals surface area contributed by atoms with Gasteiger partial charge in [0.15, 0.2) is 0 Å². The van der Waals surface area contributed by atoms with Crippen molar-refractivity contribution in [2.75, 3.05) is 31.2 Å². The molecule has 0 aromatic heterocycles. The van der Waals surface area contributed by atoms with Crippen LogP contribution in [-0.4, -0.2) is 48.1 Å². The maximum Gasteiger partial charge on any atom is 0.282 e. The third-order valence-corrected chi connectivity index (χ3v) is 6.37. The number of aliphatic hydroxyl groups is 1. The summed E-state index contributed by atoms with van der Waals surface area (Å²) in [7, 11) is 0. The molecular weight excluding hydrogens is 416 g/mol. The Hall–Kier alpha value is -3.12. The SMILES string of the molecule is CCCOc1ccccc1N1C(=O)C(c2ccc(C)cc2C)=C(N2CCCC(CO)C2)C1=O. The number of likely N-dealkylation sites (tertiary alicyclic amines) is 1. The molecule has 2 aliphatic rings. The smallest absolute Gasteiger partial charge is 0.282 e. The van der Waals surface area contributed by atoms with Gasteiger partial charge in [-0.25, -0.2) is 4.90 Å². The van der Waals surface area contributed by atoms with E-state index in [1.165, 1.54) is 4.90 Å². The zero-order valence-corrected chi connectivity index (χ0v) is 19.6. The summed E-state index contributed by atoms with van der Waals surface area (Å²) in [6.07, 6.45) is 2.61. The Bertz CT molecular complexity index is 1090. The molecule has 0 saturated carbocycles. The molecule has 0 bridgehead atoms. The van der Waals surface area contributed by atoms with E-state index in [2.05, 4.69) is 0 Å². The first kappa shape index (κ1) is 23.1. The second kappa shape index (κ2) is 9.79. The molecule has 0 aliphatic carbocycles. The lowest BCUT2D eigenvalue weighted by atomic mass is 9.95. The molecule has 0 spiro atoms. The number of carbonyl (C=O) groups excluding carboxylic acids is 2. The largest absolute Gasteiger partial charge is 0.491 e. The number of imide groups is 1. The zero-order chi connectivity index (χ0) is 23.5. The highest BCUT2D eigenvalue weighted by atomic mass is 16.5. The molecule has 6 heteroatoms. The fourth-order valence-electron chi connectivity index (χ4n) is 4.76. The molecule has 1 fully saturated rings. The van der Waals surface area contributed by atoms with Crippen LogP contribution < -0.4 is 9.64 Å². The molecule has 6 nitrogen and oxygen atoms in total. The molecule has 0 radical (unpaired) electrons. The van der Waals surface area contributed by atoms with Crippen molar-refractivity contribution in [2.45, 2.75) is 40.0 Å². The van der Waals surface area contributed by atoms with Crippen molar-refractivity contribution < 1.29 is 19.4 Å². The first-order chi connectivity index (χ1) is 16.0. The van der Waals surface area contributed by atoms with Crippen molar-refractivity contribution in [3.63, 3.8) is 0 Å². The Balaban J connectivity index is 1.83. The van der Waals surface area contributed by atoms with E-state index in [4.69, 9.17) is 4.74 Å². The lowest BCUT2D eigenvalue weighted by Crippen LogP contribution is -2.40. The van der Waals surface area contributed by atoms with Gasteiger partial charge in [-0.1, -0.05) is 42.8 Å². The Morgan fingerprint density at radius 2 is 1.88 bits per heavy atom. The Kier molecular flexibility index (Phi) is 6.84. The average molecular weight is 449 g/mol. The molecule has 1 saturated heterocycles. The number of amides is 2. The lowest BCUT2D eigenvalue weighted by Gasteiger charge is -2.34. The third kappa shape index (κ3) is 4.40. The molecular formula is C27H32N2O4. The molecule has 4 rings (SSSR count). The molecule has 2 aromatic carbocycles. The van der Waals surface area contributed by atoms with Gasteiger partial charge in [-0.2, -0.15) is 0 Å². The number of anilines is 1. The summed E-state index contributed by atoms with van der Waals surface area (Å²) in [5.74, 6) is -0.0559. The van der Waals surface area contributed by atoms with Gasteiger partial charge in [-0.3, -0.25) is 9.59 Å². The van der Waals surface area contributed by atoms with E-state index >= 15 is 0 Å². The van der Waals surface area contributed by atoms with Crippen LogP contribution in [0.25, 0.3) is 5.57 Å². The summed E-state index contributed by atoms with van der Waals surface area (Å²) in [6.45, 7) is 7.81. The van der Waals surface area contributed by atoms with Crippen molar-refractivity contribution in [3.05, 3.63) is 64.9 Å². The molecule has 33 heavy (non-hydrogen) atoms. The molecule has 1 N–H and O–H groups in total. The van der Waals surface area contributed by atoms with Crippen LogP contribution in [0.15, 0.2) is 48.2 Å². The number of hydrogen-bond acceptors (Lipinski definition) is 5. The van der Waals surface area contributed by atoms with Crippen molar-refractivity contribution in [1.82, 2.24) is 4.90 Å². The minimum atomic E-state index is -0.333. The normalized spacial score (nSPS) is 19.0. The van der Waals surface area contributed by atoms with Gasteiger partial charge in [0.2, 0.25) is 0 Å². The van der Waals surface area contributed by atoms with Gasteiger partial charge in [0, 0.05) is 19.7 Å². The van der Waals surface area contributed by atoms with Gasteiger partial charge in [0.25, 0.3) is 11.8 Å². The average Bonchev–Trinajstić information content (AvgIpc) is 3.07. The minimum absolute atomic E-state index is 0.0716. The topological polar surface area (TPSA) is 70.1 Å². The van der Waals surface area contributed by atoms with Gasteiger partial charge in [0.1, 0.15) is 11.4 Å². The number of ether oxygens (including phenoxy) is 1. The number of piperidine rings is 1. The van der Waals surface area contributed by atoms with Crippen molar-refractivity contribution >= 4 is 23.1 Å². The monoisotopic (exact) mass is 448 g/mol. The van der Waals surface area contributed by atoms with Crippen LogP contribution >= 0.6 is 0 Å². The molecule has 1 unspecified atom stereocenters. The van der Waals surface area contributed by atoms with E-state index in [9.17, 15) is 14.7 Å². The van der Waals surface area contributed by atoms with Gasteiger partial charge < -0.3 is 14.7 Å². The summed E-state index contributed by atoms with van der Waals surface area (Å²) in [5.41, 5.74) is 4.15. The van der Waals surface area contributed by atoms with E-state index in [0.717, 1.165) is 36.0 Å². The predicted molar refractivity (Wildman–Crippen MR) is 129 cm³/mol. The van der Waals surface area contributed by atoms with Crippen molar-refractivity contribution in [2.24, 2.45) is 5.92 Å². The van der Waals surface area contributed by atoms with E-state index in [1.807, 2.05) is 56.0 Å². The summed E-state index contributed by atoms with van der Waals surface area (Å²) in [5, 5.41) is 9.75. The van der Waals surface area contributed by atoms with Crippen LogP contribution in [0, 0.1) is 19.8 Å². The van der Waals surface area contributed by atoms with Gasteiger partial charge in [0.05, 0.1) is 17.9 Å². The van der Waals surface area contributed by atoms with Crippen LogP contribution in [0.1, 0.15) is 42.9 Å². The molecule has 174 valence electrons. The van der Waals surface area contributed by atoms with Gasteiger partial charge in [-0.05, 0) is 62.3 Å². The van der Waals surface area contributed by atoms with E-state index in [1.54, 1.807) is 12.1 Å². The molecule has 2 amide bonds. The Morgan fingerprint density at radius 1 is 1.09 bits per heavy atom. The van der Waals surface area contributed by atoms with Crippen molar-refractivity contribution in [1.29, 1.82) is 0 Å². The highest BCUT2D eigenvalue weighted by molar-refractivity contribution is 6.45. The van der Waals surface area contributed by atoms with Crippen LogP contribution in [0.5, 0.6) is 5.75 Å². The van der Waals surface area contributed by atoms with Gasteiger partial charge >= 0.3 is 0 Å². The van der Waals surface area contributed by atoms with Crippen LogP contribution in [0.2, 0.25) is 0 Å². The number of aliphatic hydroxyl groups excluding tert-OH is 1. The molecule has 2 aromatic rings. The number of aryl methyl sites for hydroxylation is 2. The molecule has 2 aliphatic heterocycles. The Morgan fingerprint density at radius 3 is 2.61 bits per heavy atom. The zero-order valence-electron chi connectivity index (χ0n) is 19.6. The second-order valence-corrected chi connectivity index (χ2v) is 8.94. The number of hydrogen-bond donors (Lipinski definition) is 1. The molecule has 2 heterocycles. The van der Waals surface area contributed by atoms with Crippen molar-refractivity contribution in [3.8, 4) is 5.75 Å². The van der Waals surface area contributed by atoms with Crippen LogP contribution in [0.4, 0.5) is 5.69 Å². The second-order valence-electron chi connectivity index (χ2n) is 8.94. The van der Waals surface area contributed by atoms with E-state index in [-0.39, 0.29) is 24.3 Å². The fraction of sp³-hybridized carbons (Fsp3) is 0.407. The highest BCUT2D eigenvalue weighted by Gasteiger charge is 2.44.